The molecule has 4 rings (SSSR count). The van der Waals surface area contributed by atoms with Crippen molar-refractivity contribution in [3.05, 3.63) is 59.7 Å². The minimum Gasteiger partial charge on any atom is -0.530 e. The van der Waals surface area contributed by atoms with Gasteiger partial charge in [-0.15, -0.1) is 0 Å². The second-order valence-electron chi connectivity index (χ2n) is 8.06. The van der Waals surface area contributed by atoms with E-state index in [-0.39, 0.29) is 11.5 Å². The van der Waals surface area contributed by atoms with Crippen LogP contribution in [0.25, 0.3) is 0 Å². The second kappa shape index (κ2) is 6.27. The molecule has 1 saturated heterocycles. The van der Waals surface area contributed by atoms with Crippen molar-refractivity contribution in [2.24, 2.45) is 0 Å². The first kappa shape index (κ1) is 17.9. The van der Waals surface area contributed by atoms with Crippen LogP contribution in [-0.4, -0.2) is 37.8 Å². The highest BCUT2D eigenvalue weighted by atomic mass is 16.4. The molecule has 3 unspecified atom stereocenters. The average molecular weight is 364 g/mol. The van der Waals surface area contributed by atoms with E-state index in [0.29, 0.717) is 11.9 Å². The molecule has 1 amide bonds. The van der Waals surface area contributed by atoms with E-state index in [2.05, 4.69) is 43.0 Å². The molecule has 0 N–H and O–H groups in total. The number of amides is 1. The fraction of sp³-hybridized carbons (Fsp3) is 0.409. The number of likely N-dealkylation sites (tertiary alicyclic amines) is 1. The molecule has 27 heavy (non-hydrogen) atoms. The first-order valence-corrected chi connectivity index (χ1v) is 9.47. The topological polar surface area (TPSA) is 49.9 Å². The van der Waals surface area contributed by atoms with Crippen molar-refractivity contribution in [3.63, 3.8) is 0 Å². The molecule has 0 aliphatic carbocycles. The molecule has 2 heterocycles. The van der Waals surface area contributed by atoms with Crippen LogP contribution in [0, 0.1) is 0 Å². The average Bonchev–Trinajstić information content (AvgIpc) is 3.08. The Balaban J connectivity index is 1.77. The molecule has 0 spiro atoms. The Kier molecular flexibility index (Phi) is 4.15. The van der Waals surface area contributed by atoms with Gasteiger partial charge in [0.1, 0.15) is 6.09 Å². The van der Waals surface area contributed by atoms with Gasteiger partial charge in [-0.05, 0) is 49.7 Å². The van der Waals surface area contributed by atoms with Gasteiger partial charge in [0.15, 0.2) is 0 Å². The third-order valence-electron chi connectivity index (χ3n) is 6.46. The van der Waals surface area contributed by atoms with Gasteiger partial charge < -0.3 is 19.7 Å². The molecule has 2 aromatic carbocycles. The van der Waals surface area contributed by atoms with Gasteiger partial charge in [0.05, 0.1) is 12.2 Å². The van der Waals surface area contributed by atoms with Crippen molar-refractivity contribution in [1.29, 1.82) is 0 Å². The zero-order valence-corrected chi connectivity index (χ0v) is 16.3. The zero-order valence-electron chi connectivity index (χ0n) is 16.3. The molecule has 0 saturated carbocycles. The van der Waals surface area contributed by atoms with Gasteiger partial charge >= 0.3 is 0 Å². The molecule has 2 aliphatic rings. The van der Waals surface area contributed by atoms with Crippen molar-refractivity contribution in [3.8, 4) is 0 Å². The molecule has 5 heteroatoms. The van der Waals surface area contributed by atoms with Gasteiger partial charge in [0.25, 0.3) is 0 Å². The normalized spacial score (nSPS) is 25.2. The number of hydrogen-bond acceptors (Lipinski definition) is 4. The van der Waals surface area contributed by atoms with Gasteiger partial charge in [0, 0.05) is 30.4 Å². The van der Waals surface area contributed by atoms with E-state index in [0.717, 1.165) is 18.5 Å². The Morgan fingerprint density at radius 1 is 1.22 bits per heavy atom. The molecular weight excluding hydrogens is 338 g/mol. The third-order valence-corrected chi connectivity index (χ3v) is 6.46. The standard InChI is InChI=1S/C22H27N3O2/c1-15(16-8-6-5-7-9-16)25(21(26)27)17-10-11-19-18(14-17)22(2)12-13-23(3)20(22)24(19)4/h5-11,14-15,20H,12-13H2,1-4H3,(H,26,27)/p-1. The number of likely N-dealkylation sites (N-methyl/N-ethyl adjacent to an activating group) is 2. The minimum atomic E-state index is -1.18. The van der Waals surface area contributed by atoms with Gasteiger partial charge in [0.2, 0.25) is 0 Å². The number of carboxylic acid groups (broad SMARTS) is 1. The highest BCUT2D eigenvalue weighted by Crippen LogP contribution is 2.52. The maximum absolute atomic E-state index is 12.0. The Morgan fingerprint density at radius 2 is 1.93 bits per heavy atom. The fourth-order valence-electron chi connectivity index (χ4n) is 5.08. The number of rotatable bonds is 3. The maximum atomic E-state index is 12.0. The predicted octanol–water partition coefficient (Wildman–Crippen LogP) is 2.97. The summed E-state index contributed by atoms with van der Waals surface area (Å²) in [6, 6.07) is 15.4. The molecule has 1 fully saturated rings. The fourth-order valence-corrected chi connectivity index (χ4v) is 5.08. The van der Waals surface area contributed by atoms with Crippen molar-refractivity contribution in [1.82, 2.24) is 4.90 Å². The van der Waals surface area contributed by atoms with Crippen LogP contribution in [0.3, 0.4) is 0 Å². The number of fused-ring (bicyclic) bond motifs is 3. The van der Waals surface area contributed by atoms with E-state index >= 15 is 0 Å². The minimum absolute atomic E-state index is 0.00241. The van der Waals surface area contributed by atoms with Crippen LogP contribution in [0.5, 0.6) is 0 Å². The third kappa shape index (κ3) is 2.60. The smallest absolute Gasteiger partial charge is 0.142 e. The van der Waals surface area contributed by atoms with E-state index in [4.69, 9.17) is 0 Å². The molecular formula is C22H26N3O2-. The lowest BCUT2D eigenvalue weighted by Gasteiger charge is -2.33. The van der Waals surface area contributed by atoms with Crippen LogP contribution in [-0.2, 0) is 5.41 Å². The Hall–Kier alpha value is -2.53. The summed E-state index contributed by atoms with van der Waals surface area (Å²) in [6.07, 6.45) is 0.197. The van der Waals surface area contributed by atoms with Crippen molar-refractivity contribution in [2.45, 2.75) is 37.9 Å². The number of carbonyl (C=O) groups is 1. The molecule has 142 valence electrons. The molecule has 0 radical (unpaired) electrons. The van der Waals surface area contributed by atoms with Gasteiger partial charge in [-0.2, -0.15) is 0 Å². The highest BCUT2D eigenvalue weighted by Gasteiger charge is 2.52. The van der Waals surface area contributed by atoms with E-state index in [1.54, 1.807) is 0 Å². The summed E-state index contributed by atoms with van der Waals surface area (Å²) in [5, 5.41) is 12.0. The summed E-state index contributed by atoms with van der Waals surface area (Å²) in [5.41, 5.74) is 4.04. The summed E-state index contributed by atoms with van der Waals surface area (Å²) in [6.45, 7) is 5.23. The Morgan fingerprint density at radius 3 is 2.59 bits per heavy atom. The van der Waals surface area contributed by atoms with Crippen LogP contribution in [0.4, 0.5) is 16.2 Å². The van der Waals surface area contributed by atoms with Crippen molar-refractivity contribution < 1.29 is 9.90 Å². The van der Waals surface area contributed by atoms with Crippen LogP contribution in [0.1, 0.15) is 37.4 Å². The summed E-state index contributed by atoms with van der Waals surface area (Å²) >= 11 is 0. The monoisotopic (exact) mass is 364 g/mol. The molecule has 2 aliphatic heterocycles. The largest absolute Gasteiger partial charge is 0.530 e. The number of carbonyl (C=O) groups excluding carboxylic acids is 1. The highest BCUT2D eigenvalue weighted by molar-refractivity contribution is 5.87. The van der Waals surface area contributed by atoms with Gasteiger partial charge in [-0.3, -0.25) is 4.90 Å². The van der Waals surface area contributed by atoms with Crippen LogP contribution < -0.4 is 14.9 Å². The Labute approximate surface area is 160 Å². The lowest BCUT2D eigenvalue weighted by molar-refractivity contribution is -0.247. The quantitative estimate of drug-likeness (QED) is 0.840. The number of hydrogen-bond donors (Lipinski definition) is 0. The number of anilines is 2. The molecule has 2 aromatic rings. The number of benzene rings is 2. The van der Waals surface area contributed by atoms with E-state index in [1.165, 1.54) is 16.2 Å². The lowest BCUT2D eigenvalue weighted by Crippen LogP contribution is -2.45. The van der Waals surface area contributed by atoms with Crippen molar-refractivity contribution in [2.75, 3.05) is 30.4 Å². The summed E-state index contributed by atoms with van der Waals surface area (Å²) in [5.74, 6) is 0. The van der Waals surface area contributed by atoms with Gasteiger partial charge in [-0.25, -0.2) is 0 Å². The second-order valence-corrected chi connectivity index (χ2v) is 8.06. The van der Waals surface area contributed by atoms with E-state index in [1.807, 2.05) is 43.3 Å². The summed E-state index contributed by atoms with van der Waals surface area (Å²) in [4.78, 5) is 18.1. The first-order chi connectivity index (χ1) is 12.8. The van der Waals surface area contributed by atoms with Crippen molar-refractivity contribution >= 4 is 17.5 Å². The molecule has 0 bridgehead atoms. The zero-order chi connectivity index (χ0) is 19.3. The van der Waals surface area contributed by atoms with E-state index in [9.17, 15) is 9.90 Å². The van der Waals surface area contributed by atoms with Crippen LogP contribution in [0.2, 0.25) is 0 Å². The predicted molar refractivity (Wildman–Crippen MR) is 106 cm³/mol. The number of nitrogens with zero attached hydrogens (tertiary/aromatic N) is 3. The maximum Gasteiger partial charge on any atom is 0.142 e. The lowest BCUT2D eigenvalue weighted by atomic mass is 9.81. The summed E-state index contributed by atoms with van der Waals surface area (Å²) in [7, 11) is 4.28. The molecule has 3 atom stereocenters. The van der Waals surface area contributed by atoms with Crippen LogP contribution >= 0.6 is 0 Å². The molecule has 5 nitrogen and oxygen atoms in total. The Bertz CT molecular complexity index is 869. The van der Waals surface area contributed by atoms with E-state index < -0.39 is 6.09 Å². The SMILES string of the molecule is CC(c1ccccc1)N(C(=O)[O-])c1ccc2c(c1)C1(C)CCN(C)C1N2C. The summed E-state index contributed by atoms with van der Waals surface area (Å²) < 4.78 is 0. The first-order valence-electron chi connectivity index (χ1n) is 9.47. The molecule has 0 aromatic heterocycles. The van der Waals surface area contributed by atoms with Gasteiger partial charge in [-0.1, -0.05) is 37.3 Å². The van der Waals surface area contributed by atoms with Crippen LogP contribution in [0.15, 0.2) is 48.5 Å².